The maximum Gasteiger partial charge on any atom is 0.287 e. The first-order valence-corrected chi connectivity index (χ1v) is 8.47. The minimum Gasteiger partial charge on any atom is -0.380 e. The van der Waals surface area contributed by atoms with Crippen molar-refractivity contribution in [2.75, 3.05) is 26.4 Å². The van der Waals surface area contributed by atoms with Gasteiger partial charge in [-0.3, -0.25) is 9.69 Å². The topological polar surface area (TPSA) is 68.6 Å². The number of rotatable bonds is 3. The summed E-state index contributed by atoms with van der Waals surface area (Å²) in [7, 11) is 1.83. The van der Waals surface area contributed by atoms with Gasteiger partial charge in [-0.05, 0) is 19.3 Å². The molecular formula is C16H24N4O3. The molecule has 3 aliphatic rings. The second-order valence-electron chi connectivity index (χ2n) is 6.70. The lowest BCUT2D eigenvalue weighted by molar-refractivity contribution is -0.0270. The Labute approximate surface area is 135 Å². The van der Waals surface area contributed by atoms with Crippen LogP contribution in [0.5, 0.6) is 0 Å². The number of hydrogen-bond donors (Lipinski definition) is 1. The molecule has 1 aromatic heterocycles. The van der Waals surface area contributed by atoms with Crippen LogP contribution in [0.3, 0.4) is 0 Å². The van der Waals surface area contributed by atoms with E-state index in [1.165, 1.54) is 0 Å². The van der Waals surface area contributed by atoms with Crippen LogP contribution in [0.4, 0.5) is 0 Å². The second-order valence-corrected chi connectivity index (χ2v) is 6.70. The minimum absolute atomic E-state index is 0.0186. The number of ether oxygens (including phenoxy) is 2. The quantitative estimate of drug-likeness (QED) is 0.860. The van der Waals surface area contributed by atoms with Crippen molar-refractivity contribution in [3.63, 3.8) is 0 Å². The van der Waals surface area contributed by atoms with Gasteiger partial charge < -0.3 is 19.4 Å². The molecule has 1 N–H and O–H groups in total. The van der Waals surface area contributed by atoms with E-state index in [0.29, 0.717) is 17.9 Å². The second kappa shape index (κ2) is 6.22. The van der Waals surface area contributed by atoms with Gasteiger partial charge in [0.15, 0.2) is 5.82 Å². The van der Waals surface area contributed by atoms with E-state index in [9.17, 15) is 4.79 Å². The number of carbonyl (C=O) groups excluding carboxylic acids is 1. The standard InChI is InChI=1S/C16H24N4O3/c1-19-6-5-17-15(19)16(21)18-12-9-20(11-4-8-22-10-11)13-3-2-7-23-14(12)13/h5-6,11-14H,2-4,7-10H2,1H3,(H,18,21)/t11-,12+,13+,14+/m0/s1. The highest BCUT2D eigenvalue weighted by molar-refractivity contribution is 5.91. The average Bonchev–Trinajstić information content (AvgIpc) is 3.27. The molecule has 0 aromatic carbocycles. The molecule has 0 bridgehead atoms. The zero-order chi connectivity index (χ0) is 15.8. The first-order valence-electron chi connectivity index (χ1n) is 8.47. The third kappa shape index (κ3) is 2.77. The molecule has 126 valence electrons. The monoisotopic (exact) mass is 320 g/mol. The Bertz CT molecular complexity index is 569. The predicted octanol–water partition coefficient (Wildman–Crippen LogP) is 0.171. The largest absolute Gasteiger partial charge is 0.380 e. The number of nitrogens with one attached hydrogen (secondary N) is 1. The fraction of sp³-hybridized carbons (Fsp3) is 0.750. The third-order valence-electron chi connectivity index (χ3n) is 5.28. The van der Waals surface area contributed by atoms with Gasteiger partial charge >= 0.3 is 0 Å². The number of carbonyl (C=O) groups is 1. The maximum absolute atomic E-state index is 12.5. The molecule has 4 atom stereocenters. The molecule has 3 aliphatic heterocycles. The van der Waals surface area contributed by atoms with Crippen LogP contribution in [-0.2, 0) is 16.5 Å². The molecule has 7 heteroatoms. The average molecular weight is 320 g/mol. The highest BCUT2D eigenvalue weighted by Crippen LogP contribution is 2.32. The summed E-state index contributed by atoms with van der Waals surface area (Å²) >= 11 is 0. The number of hydrogen-bond acceptors (Lipinski definition) is 5. The third-order valence-corrected chi connectivity index (χ3v) is 5.28. The van der Waals surface area contributed by atoms with Gasteiger partial charge in [0.1, 0.15) is 0 Å². The van der Waals surface area contributed by atoms with Crippen molar-refractivity contribution in [1.82, 2.24) is 19.8 Å². The van der Waals surface area contributed by atoms with E-state index in [1.54, 1.807) is 17.0 Å². The molecule has 1 aromatic rings. The van der Waals surface area contributed by atoms with Gasteiger partial charge in [-0.25, -0.2) is 4.98 Å². The number of aromatic nitrogens is 2. The number of aryl methyl sites for hydroxylation is 1. The van der Waals surface area contributed by atoms with Gasteiger partial charge in [-0.2, -0.15) is 0 Å². The molecule has 3 fully saturated rings. The number of fused-ring (bicyclic) bond motifs is 1. The fourth-order valence-electron chi connectivity index (χ4n) is 4.14. The Balaban J connectivity index is 1.49. The molecule has 0 saturated carbocycles. The van der Waals surface area contributed by atoms with Crippen molar-refractivity contribution in [1.29, 1.82) is 0 Å². The summed E-state index contributed by atoms with van der Waals surface area (Å²) < 4.78 is 13.3. The van der Waals surface area contributed by atoms with Gasteiger partial charge in [0.25, 0.3) is 5.91 Å². The molecule has 3 saturated heterocycles. The molecule has 4 heterocycles. The SMILES string of the molecule is Cn1ccnc1C(=O)N[C@@H]1CN([C@H]2CCOC2)[C@@H]2CCCO[C@@H]21. The summed E-state index contributed by atoms with van der Waals surface area (Å²) in [5.41, 5.74) is 0. The lowest BCUT2D eigenvalue weighted by Gasteiger charge is -2.34. The van der Waals surface area contributed by atoms with E-state index < -0.39 is 0 Å². The molecule has 0 radical (unpaired) electrons. The van der Waals surface area contributed by atoms with E-state index in [1.807, 2.05) is 7.05 Å². The summed E-state index contributed by atoms with van der Waals surface area (Å²) in [5.74, 6) is 0.319. The van der Waals surface area contributed by atoms with Crippen LogP contribution in [0.15, 0.2) is 12.4 Å². The molecule has 0 spiro atoms. The Kier molecular flexibility index (Phi) is 4.09. The van der Waals surface area contributed by atoms with Crippen LogP contribution in [0.2, 0.25) is 0 Å². The highest BCUT2D eigenvalue weighted by Gasteiger charge is 2.47. The Morgan fingerprint density at radius 3 is 3.04 bits per heavy atom. The van der Waals surface area contributed by atoms with Crippen LogP contribution in [0.25, 0.3) is 0 Å². The smallest absolute Gasteiger partial charge is 0.287 e. The van der Waals surface area contributed by atoms with Crippen LogP contribution < -0.4 is 5.32 Å². The molecule has 4 rings (SSSR count). The van der Waals surface area contributed by atoms with Gasteiger partial charge in [-0.15, -0.1) is 0 Å². The van der Waals surface area contributed by atoms with E-state index in [-0.39, 0.29) is 18.1 Å². The van der Waals surface area contributed by atoms with Crippen molar-refractivity contribution >= 4 is 5.91 Å². The van der Waals surface area contributed by atoms with Gasteiger partial charge in [-0.1, -0.05) is 0 Å². The number of imidazole rings is 1. The Morgan fingerprint density at radius 2 is 2.30 bits per heavy atom. The van der Waals surface area contributed by atoms with E-state index in [4.69, 9.17) is 9.47 Å². The van der Waals surface area contributed by atoms with Gasteiger partial charge in [0.05, 0.1) is 18.8 Å². The zero-order valence-corrected chi connectivity index (χ0v) is 13.5. The molecule has 0 aliphatic carbocycles. The highest BCUT2D eigenvalue weighted by atomic mass is 16.5. The summed E-state index contributed by atoms with van der Waals surface area (Å²) in [4.78, 5) is 19.1. The lowest BCUT2D eigenvalue weighted by Crippen LogP contribution is -2.48. The number of likely N-dealkylation sites (tertiary alicyclic amines) is 1. The summed E-state index contributed by atoms with van der Waals surface area (Å²) in [6.07, 6.45) is 6.80. The van der Waals surface area contributed by atoms with Crippen molar-refractivity contribution in [2.24, 2.45) is 7.05 Å². The maximum atomic E-state index is 12.5. The van der Waals surface area contributed by atoms with Gasteiger partial charge in [0.2, 0.25) is 0 Å². The van der Waals surface area contributed by atoms with E-state index in [0.717, 1.165) is 45.6 Å². The van der Waals surface area contributed by atoms with E-state index in [2.05, 4.69) is 15.2 Å². The fourth-order valence-corrected chi connectivity index (χ4v) is 4.14. The van der Waals surface area contributed by atoms with Crippen molar-refractivity contribution in [3.8, 4) is 0 Å². The number of nitrogens with zero attached hydrogens (tertiary/aromatic N) is 3. The van der Waals surface area contributed by atoms with E-state index >= 15 is 0 Å². The van der Waals surface area contributed by atoms with Crippen molar-refractivity contribution in [2.45, 2.75) is 43.5 Å². The van der Waals surface area contributed by atoms with Crippen LogP contribution >= 0.6 is 0 Å². The minimum atomic E-state index is -0.125. The van der Waals surface area contributed by atoms with Crippen molar-refractivity contribution < 1.29 is 14.3 Å². The zero-order valence-electron chi connectivity index (χ0n) is 13.5. The molecule has 1 amide bonds. The van der Waals surface area contributed by atoms with Crippen LogP contribution in [-0.4, -0.2) is 71.0 Å². The Hall–Kier alpha value is -1.44. The first-order chi connectivity index (χ1) is 11.2. The molecule has 0 unspecified atom stereocenters. The normalized spacial score (nSPS) is 34.5. The summed E-state index contributed by atoms with van der Waals surface area (Å²) in [6.45, 7) is 3.25. The lowest BCUT2D eigenvalue weighted by atomic mass is 10.00. The van der Waals surface area contributed by atoms with Crippen LogP contribution in [0, 0.1) is 0 Å². The van der Waals surface area contributed by atoms with Crippen molar-refractivity contribution in [3.05, 3.63) is 18.2 Å². The molecule has 23 heavy (non-hydrogen) atoms. The summed E-state index contributed by atoms with van der Waals surface area (Å²) in [5, 5.41) is 3.14. The summed E-state index contributed by atoms with van der Waals surface area (Å²) in [6, 6.07) is 0.867. The first kappa shape index (κ1) is 15.1. The molecule has 7 nitrogen and oxygen atoms in total. The van der Waals surface area contributed by atoms with Gasteiger partial charge in [0, 0.05) is 51.3 Å². The predicted molar refractivity (Wildman–Crippen MR) is 83.2 cm³/mol. The van der Waals surface area contributed by atoms with Crippen LogP contribution in [0.1, 0.15) is 29.9 Å². The molecular weight excluding hydrogens is 296 g/mol. The number of amides is 1. The Morgan fingerprint density at radius 1 is 1.39 bits per heavy atom.